The average molecular weight is 382 g/mol. The van der Waals surface area contributed by atoms with Crippen LogP contribution in [-0.4, -0.2) is 5.91 Å². The molecule has 3 nitrogen and oxygen atoms in total. The van der Waals surface area contributed by atoms with E-state index in [0.29, 0.717) is 17.2 Å². The van der Waals surface area contributed by atoms with E-state index in [1.807, 2.05) is 13.8 Å². The predicted octanol–water partition coefficient (Wildman–Crippen LogP) is 5.38. The van der Waals surface area contributed by atoms with Crippen LogP contribution in [0.25, 0.3) is 0 Å². The number of nitrogens with one attached hydrogen (secondary N) is 1. The van der Waals surface area contributed by atoms with Crippen molar-refractivity contribution in [1.82, 2.24) is 5.32 Å². The minimum absolute atomic E-state index is 0.0495. The molecule has 118 valence electrons. The van der Waals surface area contributed by atoms with Crippen LogP contribution in [0.5, 0.6) is 0 Å². The molecule has 2 aromatic rings. The zero-order chi connectivity index (χ0) is 15.7. The van der Waals surface area contributed by atoms with Crippen LogP contribution in [-0.2, 0) is 0 Å². The summed E-state index contributed by atoms with van der Waals surface area (Å²) in [5.41, 5.74) is 0.622. The van der Waals surface area contributed by atoms with Crippen molar-refractivity contribution in [2.24, 2.45) is 5.92 Å². The molecule has 0 saturated heterocycles. The number of aryl methyl sites for hydroxylation is 2. The highest BCUT2D eigenvalue weighted by molar-refractivity contribution is 9.10. The molecule has 0 radical (unpaired) electrons. The zero-order valence-electron chi connectivity index (χ0n) is 12.8. The molecule has 1 fully saturated rings. The van der Waals surface area contributed by atoms with Crippen molar-refractivity contribution in [1.29, 1.82) is 0 Å². The summed E-state index contributed by atoms with van der Waals surface area (Å²) in [6, 6.07) is 4.28. The summed E-state index contributed by atoms with van der Waals surface area (Å²) < 4.78 is 6.32. The lowest BCUT2D eigenvalue weighted by atomic mass is 9.96. The van der Waals surface area contributed by atoms with E-state index >= 15 is 0 Å². The van der Waals surface area contributed by atoms with Crippen LogP contribution < -0.4 is 5.32 Å². The Kier molecular flexibility index (Phi) is 4.73. The van der Waals surface area contributed by atoms with Gasteiger partial charge in [-0.1, -0.05) is 18.9 Å². The first-order valence-electron chi connectivity index (χ1n) is 7.67. The van der Waals surface area contributed by atoms with Gasteiger partial charge in [0.15, 0.2) is 0 Å². The predicted molar refractivity (Wildman–Crippen MR) is 92.4 cm³/mol. The molecule has 3 rings (SSSR count). The van der Waals surface area contributed by atoms with Gasteiger partial charge in [-0.3, -0.25) is 4.79 Å². The van der Waals surface area contributed by atoms with Crippen molar-refractivity contribution < 1.29 is 9.21 Å². The third kappa shape index (κ3) is 3.01. The summed E-state index contributed by atoms with van der Waals surface area (Å²) in [5, 5.41) is 5.33. The second kappa shape index (κ2) is 6.59. The molecular formula is C17H20BrNO2S. The molecular weight excluding hydrogens is 362 g/mol. The number of halogens is 1. The van der Waals surface area contributed by atoms with Gasteiger partial charge in [0.1, 0.15) is 11.5 Å². The summed E-state index contributed by atoms with van der Waals surface area (Å²) in [5.74, 6) is 1.90. The van der Waals surface area contributed by atoms with Crippen LogP contribution in [0.15, 0.2) is 26.4 Å². The lowest BCUT2D eigenvalue weighted by Crippen LogP contribution is -2.32. The first-order valence-corrected chi connectivity index (χ1v) is 9.35. The molecule has 0 spiro atoms. The van der Waals surface area contributed by atoms with Crippen molar-refractivity contribution >= 4 is 33.2 Å². The fourth-order valence-electron chi connectivity index (χ4n) is 3.31. The minimum Gasteiger partial charge on any atom is -0.465 e. The maximum Gasteiger partial charge on any atom is 0.256 e. The van der Waals surface area contributed by atoms with E-state index in [-0.39, 0.29) is 11.9 Å². The van der Waals surface area contributed by atoms with Gasteiger partial charge in [0, 0.05) is 4.88 Å². The number of hydrogen-bond acceptors (Lipinski definition) is 3. The van der Waals surface area contributed by atoms with Crippen LogP contribution >= 0.6 is 27.3 Å². The average Bonchev–Trinajstić information content (AvgIpc) is 3.20. The maximum atomic E-state index is 12.8. The lowest BCUT2D eigenvalue weighted by Gasteiger charge is -2.23. The van der Waals surface area contributed by atoms with Crippen molar-refractivity contribution in [2.45, 2.75) is 45.6 Å². The van der Waals surface area contributed by atoms with Crippen LogP contribution in [0.3, 0.4) is 0 Å². The van der Waals surface area contributed by atoms with E-state index < -0.39 is 0 Å². The quantitative estimate of drug-likeness (QED) is 0.771. The topological polar surface area (TPSA) is 42.2 Å². The largest absolute Gasteiger partial charge is 0.465 e. The van der Waals surface area contributed by atoms with E-state index in [2.05, 4.69) is 38.8 Å². The first kappa shape index (κ1) is 15.8. The molecule has 0 aromatic carbocycles. The Bertz CT molecular complexity index is 657. The SMILES string of the molecule is Cc1oc(C)c(C(=O)NC(c2cccs2)C2CCCC2)c1Br. The fourth-order valence-corrected chi connectivity index (χ4v) is 4.72. The van der Waals surface area contributed by atoms with Gasteiger partial charge in [0.2, 0.25) is 0 Å². The van der Waals surface area contributed by atoms with Crippen molar-refractivity contribution in [2.75, 3.05) is 0 Å². The van der Waals surface area contributed by atoms with Gasteiger partial charge in [-0.2, -0.15) is 0 Å². The van der Waals surface area contributed by atoms with Crippen LogP contribution in [0.1, 0.15) is 58.5 Å². The molecule has 1 atom stereocenters. The summed E-state index contributed by atoms with van der Waals surface area (Å²) in [4.78, 5) is 14.0. The number of thiophene rings is 1. The third-order valence-electron chi connectivity index (χ3n) is 4.42. The number of furan rings is 1. The van der Waals surface area contributed by atoms with Crippen molar-refractivity contribution in [3.8, 4) is 0 Å². The van der Waals surface area contributed by atoms with E-state index in [1.54, 1.807) is 11.3 Å². The van der Waals surface area contributed by atoms with E-state index in [9.17, 15) is 4.79 Å². The zero-order valence-corrected chi connectivity index (χ0v) is 15.2. The van der Waals surface area contributed by atoms with E-state index in [4.69, 9.17) is 4.42 Å². The number of amides is 1. The summed E-state index contributed by atoms with van der Waals surface area (Å²) in [6.07, 6.45) is 4.90. The number of hydrogen-bond donors (Lipinski definition) is 1. The third-order valence-corrected chi connectivity index (χ3v) is 6.33. The first-order chi connectivity index (χ1) is 10.6. The van der Waals surface area contributed by atoms with Gasteiger partial charge in [-0.15, -0.1) is 11.3 Å². The van der Waals surface area contributed by atoms with Gasteiger partial charge in [0.05, 0.1) is 16.1 Å². The molecule has 1 unspecified atom stereocenters. The Labute approximate surface area is 143 Å². The molecule has 1 saturated carbocycles. The second-order valence-electron chi connectivity index (χ2n) is 5.91. The Morgan fingerprint density at radius 3 is 2.64 bits per heavy atom. The van der Waals surface area contributed by atoms with Crippen LogP contribution in [0.4, 0.5) is 0 Å². The Balaban J connectivity index is 1.85. The van der Waals surface area contributed by atoms with Gasteiger partial charge < -0.3 is 9.73 Å². The molecule has 5 heteroatoms. The standard InChI is InChI=1S/C17H20BrNO2S/c1-10-14(15(18)11(2)21-10)17(20)19-16(12-6-3-4-7-12)13-8-5-9-22-13/h5,8-9,12,16H,3-4,6-7H2,1-2H3,(H,19,20). The fraction of sp³-hybridized carbons (Fsp3) is 0.471. The molecule has 2 aromatic heterocycles. The Hall–Kier alpha value is -1.07. The summed E-state index contributed by atoms with van der Waals surface area (Å²) in [6.45, 7) is 3.70. The monoisotopic (exact) mass is 381 g/mol. The molecule has 2 heterocycles. The second-order valence-corrected chi connectivity index (χ2v) is 7.69. The Morgan fingerprint density at radius 2 is 2.09 bits per heavy atom. The molecule has 22 heavy (non-hydrogen) atoms. The van der Waals surface area contributed by atoms with Crippen LogP contribution in [0, 0.1) is 19.8 Å². The smallest absolute Gasteiger partial charge is 0.256 e. The molecule has 1 aliphatic rings. The van der Waals surface area contributed by atoms with Gasteiger partial charge in [-0.05, 0) is 60.0 Å². The van der Waals surface area contributed by atoms with Gasteiger partial charge in [-0.25, -0.2) is 0 Å². The highest BCUT2D eigenvalue weighted by Crippen LogP contribution is 2.38. The Morgan fingerprint density at radius 1 is 1.36 bits per heavy atom. The molecule has 1 N–H and O–H groups in total. The van der Waals surface area contributed by atoms with E-state index in [0.717, 1.165) is 10.2 Å². The maximum absolute atomic E-state index is 12.8. The highest BCUT2D eigenvalue weighted by Gasteiger charge is 2.30. The number of rotatable bonds is 4. The summed E-state index contributed by atoms with van der Waals surface area (Å²) >= 11 is 5.19. The van der Waals surface area contributed by atoms with Gasteiger partial charge in [0.25, 0.3) is 5.91 Å². The molecule has 1 aliphatic carbocycles. The number of carbonyl (C=O) groups is 1. The highest BCUT2D eigenvalue weighted by atomic mass is 79.9. The van der Waals surface area contributed by atoms with E-state index in [1.165, 1.54) is 30.6 Å². The lowest BCUT2D eigenvalue weighted by molar-refractivity contribution is 0.0920. The van der Waals surface area contributed by atoms with Crippen molar-refractivity contribution in [3.05, 3.63) is 43.9 Å². The number of carbonyl (C=O) groups excluding carboxylic acids is 1. The molecule has 0 bridgehead atoms. The van der Waals surface area contributed by atoms with Crippen LogP contribution in [0.2, 0.25) is 0 Å². The minimum atomic E-state index is -0.0495. The van der Waals surface area contributed by atoms with Gasteiger partial charge >= 0.3 is 0 Å². The molecule has 0 aliphatic heterocycles. The van der Waals surface area contributed by atoms with Crippen molar-refractivity contribution in [3.63, 3.8) is 0 Å². The molecule has 1 amide bonds. The summed E-state index contributed by atoms with van der Waals surface area (Å²) in [7, 11) is 0. The normalized spacial score (nSPS) is 16.9.